The smallest absolute Gasteiger partial charge is 0.0281 e. The molecule has 3 N–H and O–H groups in total. The fourth-order valence-electron chi connectivity index (χ4n) is 1.97. The quantitative estimate of drug-likeness (QED) is 0.787. The van der Waals surface area contributed by atoms with Crippen molar-refractivity contribution in [1.82, 2.24) is 5.32 Å². The minimum absolute atomic E-state index is 0.0880. The van der Waals surface area contributed by atoms with Crippen LogP contribution in [0.2, 0.25) is 0 Å². The van der Waals surface area contributed by atoms with Crippen LogP contribution < -0.4 is 11.1 Å². The summed E-state index contributed by atoms with van der Waals surface area (Å²) in [6.07, 6.45) is 3.64. The predicted molar refractivity (Wildman–Crippen MR) is 63.7 cm³/mol. The van der Waals surface area contributed by atoms with Crippen LogP contribution in [0.3, 0.4) is 0 Å². The Morgan fingerprint density at radius 1 is 1.27 bits per heavy atom. The fourth-order valence-corrected chi connectivity index (χ4v) is 1.97. The van der Waals surface area contributed by atoms with E-state index in [0.29, 0.717) is 0 Å². The summed E-state index contributed by atoms with van der Waals surface area (Å²) in [5.41, 5.74) is 8.87. The molecule has 82 valence electrons. The zero-order chi connectivity index (χ0) is 10.7. The Morgan fingerprint density at radius 3 is 2.47 bits per heavy atom. The normalized spacial score (nSPS) is 18.5. The third kappa shape index (κ3) is 2.80. The molecule has 0 aromatic heterocycles. The highest BCUT2D eigenvalue weighted by Crippen LogP contribution is 2.28. The number of benzene rings is 1. The molecule has 0 bridgehead atoms. The fraction of sp³-hybridized carbons (Fsp3) is 0.538. The van der Waals surface area contributed by atoms with Crippen molar-refractivity contribution in [2.75, 3.05) is 6.54 Å². The Bertz CT molecular complexity index is 312. The Balaban J connectivity index is 1.76. The first kappa shape index (κ1) is 10.7. The summed E-state index contributed by atoms with van der Waals surface area (Å²) in [6, 6.07) is 8.65. The van der Waals surface area contributed by atoms with Crippen LogP contribution in [0.1, 0.15) is 30.4 Å². The van der Waals surface area contributed by atoms with Crippen LogP contribution in [0.25, 0.3) is 0 Å². The maximum atomic E-state index is 6.13. The molecule has 1 aliphatic rings. The maximum absolute atomic E-state index is 6.13. The summed E-state index contributed by atoms with van der Waals surface area (Å²) < 4.78 is 0. The maximum Gasteiger partial charge on any atom is 0.0281 e. The van der Waals surface area contributed by atoms with Gasteiger partial charge in [-0.2, -0.15) is 0 Å². The van der Waals surface area contributed by atoms with Crippen molar-refractivity contribution in [3.8, 4) is 0 Å². The van der Waals surface area contributed by atoms with Gasteiger partial charge in [-0.25, -0.2) is 0 Å². The van der Waals surface area contributed by atoms with Crippen molar-refractivity contribution in [1.29, 1.82) is 0 Å². The van der Waals surface area contributed by atoms with E-state index in [1.54, 1.807) is 0 Å². The largest absolute Gasteiger partial charge is 0.324 e. The van der Waals surface area contributed by atoms with Crippen LogP contribution in [0.15, 0.2) is 24.3 Å². The molecule has 1 fully saturated rings. The lowest BCUT2D eigenvalue weighted by Crippen LogP contribution is -2.53. The van der Waals surface area contributed by atoms with Gasteiger partial charge < -0.3 is 11.1 Å². The molecule has 1 aromatic rings. The van der Waals surface area contributed by atoms with E-state index in [0.717, 1.165) is 13.1 Å². The van der Waals surface area contributed by atoms with E-state index in [-0.39, 0.29) is 5.54 Å². The molecule has 2 nitrogen and oxygen atoms in total. The first-order valence-electron chi connectivity index (χ1n) is 5.73. The Kier molecular flexibility index (Phi) is 3.08. The third-order valence-electron chi connectivity index (χ3n) is 3.28. The lowest BCUT2D eigenvalue weighted by molar-refractivity contribution is 0.239. The van der Waals surface area contributed by atoms with Crippen LogP contribution in [0.4, 0.5) is 0 Å². The summed E-state index contributed by atoms with van der Waals surface area (Å²) in [5, 5.41) is 3.44. The van der Waals surface area contributed by atoms with Gasteiger partial charge in [0.15, 0.2) is 0 Å². The highest BCUT2D eigenvalue weighted by molar-refractivity contribution is 5.21. The highest BCUT2D eigenvalue weighted by Gasteiger charge is 2.31. The van der Waals surface area contributed by atoms with Crippen molar-refractivity contribution in [2.45, 2.75) is 38.3 Å². The topological polar surface area (TPSA) is 38.0 Å². The molecule has 1 aromatic carbocycles. The Labute approximate surface area is 91.9 Å². The van der Waals surface area contributed by atoms with Crippen molar-refractivity contribution in [3.05, 3.63) is 35.4 Å². The number of nitrogens with one attached hydrogen (secondary N) is 1. The lowest BCUT2D eigenvalue weighted by Gasteiger charge is -2.38. The highest BCUT2D eigenvalue weighted by atomic mass is 14.9. The molecule has 0 heterocycles. The number of hydrogen-bond donors (Lipinski definition) is 2. The average molecular weight is 204 g/mol. The predicted octanol–water partition coefficient (Wildman–Crippen LogP) is 1.97. The van der Waals surface area contributed by atoms with Gasteiger partial charge in [0.2, 0.25) is 0 Å². The molecule has 2 rings (SSSR count). The van der Waals surface area contributed by atoms with Crippen molar-refractivity contribution in [2.24, 2.45) is 5.73 Å². The monoisotopic (exact) mass is 204 g/mol. The molecule has 0 amide bonds. The molecule has 0 radical (unpaired) electrons. The molecule has 1 aliphatic carbocycles. The van der Waals surface area contributed by atoms with Gasteiger partial charge in [-0.3, -0.25) is 0 Å². The van der Waals surface area contributed by atoms with Crippen molar-refractivity contribution < 1.29 is 0 Å². The van der Waals surface area contributed by atoms with Gasteiger partial charge in [0.25, 0.3) is 0 Å². The second-order valence-electron chi connectivity index (χ2n) is 4.81. The lowest BCUT2D eigenvalue weighted by atomic mass is 9.78. The number of rotatable bonds is 4. The second-order valence-corrected chi connectivity index (χ2v) is 4.81. The molecule has 1 saturated carbocycles. The third-order valence-corrected chi connectivity index (χ3v) is 3.28. The zero-order valence-electron chi connectivity index (χ0n) is 9.42. The number of nitrogens with two attached hydrogens (primary N) is 1. The molecule has 0 unspecified atom stereocenters. The summed E-state index contributed by atoms with van der Waals surface area (Å²) in [6.45, 7) is 3.99. The summed E-state index contributed by atoms with van der Waals surface area (Å²) in [5.74, 6) is 0. The van der Waals surface area contributed by atoms with Crippen LogP contribution in [0.5, 0.6) is 0 Å². The van der Waals surface area contributed by atoms with Crippen molar-refractivity contribution in [3.63, 3.8) is 0 Å². The van der Waals surface area contributed by atoms with Crippen LogP contribution >= 0.6 is 0 Å². The van der Waals surface area contributed by atoms with Gasteiger partial charge in [0.1, 0.15) is 0 Å². The van der Waals surface area contributed by atoms with E-state index < -0.39 is 0 Å². The molecule has 0 atom stereocenters. The number of hydrogen-bond acceptors (Lipinski definition) is 2. The van der Waals surface area contributed by atoms with Crippen LogP contribution in [0, 0.1) is 6.92 Å². The average Bonchev–Trinajstić information content (AvgIpc) is 2.19. The van der Waals surface area contributed by atoms with Gasteiger partial charge in [-0.05, 0) is 31.7 Å². The molecule has 0 spiro atoms. The molecule has 2 heteroatoms. The standard InChI is InChI=1S/C13H20N2/c1-11-3-5-12(6-4-11)9-15-10-13(14)7-2-8-13/h3-6,15H,2,7-10,14H2,1H3. The van der Waals surface area contributed by atoms with Gasteiger partial charge in [0.05, 0.1) is 0 Å². The van der Waals surface area contributed by atoms with E-state index in [1.165, 1.54) is 30.4 Å². The Hall–Kier alpha value is -0.860. The Morgan fingerprint density at radius 2 is 1.93 bits per heavy atom. The first-order valence-corrected chi connectivity index (χ1v) is 5.73. The molecule has 0 saturated heterocycles. The minimum atomic E-state index is 0.0880. The molecular formula is C13H20N2. The van der Waals surface area contributed by atoms with E-state index >= 15 is 0 Å². The zero-order valence-corrected chi connectivity index (χ0v) is 9.42. The van der Waals surface area contributed by atoms with Gasteiger partial charge in [0, 0.05) is 18.6 Å². The summed E-state index contributed by atoms with van der Waals surface area (Å²) in [4.78, 5) is 0. The van der Waals surface area contributed by atoms with Crippen LogP contribution in [-0.4, -0.2) is 12.1 Å². The van der Waals surface area contributed by atoms with E-state index in [9.17, 15) is 0 Å². The molecular weight excluding hydrogens is 184 g/mol. The van der Waals surface area contributed by atoms with E-state index in [4.69, 9.17) is 5.73 Å². The van der Waals surface area contributed by atoms with Crippen molar-refractivity contribution >= 4 is 0 Å². The minimum Gasteiger partial charge on any atom is -0.324 e. The van der Waals surface area contributed by atoms with Gasteiger partial charge in [-0.15, -0.1) is 0 Å². The van der Waals surface area contributed by atoms with Crippen LogP contribution in [-0.2, 0) is 6.54 Å². The number of aryl methyl sites for hydroxylation is 1. The SMILES string of the molecule is Cc1ccc(CNCC2(N)CCC2)cc1. The summed E-state index contributed by atoms with van der Waals surface area (Å²) >= 11 is 0. The van der Waals surface area contributed by atoms with Gasteiger partial charge in [-0.1, -0.05) is 29.8 Å². The molecule has 0 aliphatic heterocycles. The second kappa shape index (κ2) is 4.33. The van der Waals surface area contributed by atoms with Gasteiger partial charge >= 0.3 is 0 Å². The summed E-state index contributed by atoms with van der Waals surface area (Å²) in [7, 11) is 0. The van der Waals surface area contributed by atoms with E-state index in [1.807, 2.05) is 0 Å². The molecule has 15 heavy (non-hydrogen) atoms. The first-order chi connectivity index (χ1) is 7.18. The van der Waals surface area contributed by atoms with E-state index in [2.05, 4.69) is 36.5 Å².